The van der Waals surface area contributed by atoms with Gasteiger partial charge in [-0.3, -0.25) is 0 Å². The summed E-state index contributed by atoms with van der Waals surface area (Å²) in [6, 6.07) is 2.33. The van der Waals surface area contributed by atoms with Crippen LogP contribution < -0.4 is 0 Å². The van der Waals surface area contributed by atoms with Gasteiger partial charge in [-0.2, -0.15) is 0 Å². The van der Waals surface area contributed by atoms with Gasteiger partial charge in [0.25, 0.3) is 0 Å². The van der Waals surface area contributed by atoms with Crippen LogP contribution in [0.4, 0.5) is 0 Å². The van der Waals surface area contributed by atoms with Crippen LogP contribution in [-0.2, 0) is 0 Å². The molecule has 0 rings (SSSR count). The van der Waals surface area contributed by atoms with E-state index in [2.05, 4.69) is 63.4 Å². The summed E-state index contributed by atoms with van der Waals surface area (Å²) in [6.45, 7) is 19.1. The summed E-state index contributed by atoms with van der Waals surface area (Å²) in [5, 5.41) is 0. The summed E-state index contributed by atoms with van der Waals surface area (Å²) in [6.07, 6.45) is 1.32. The zero-order valence-corrected chi connectivity index (χ0v) is 17.1. The third-order valence-electron chi connectivity index (χ3n) is 3.62. The monoisotopic (exact) mass is 289 g/mol. The van der Waals surface area contributed by atoms with Crippen molar-refractivity contribution in [2.45, 2.75) is 79.2 Å². The number of nitrogens with zero attached hydrogens (tertiary/aromatic N) is 2. The Balaban J connectivity index is 4.37. The molecule has 0 aromatic rings. The molecule has 1 radical (unpaired) electrons. The smallest absolute Gasteiger partial charge is 0.122 e. The van der Waals surface area contributed by atoms with Gasteiger partial charge in [-0.1, -0.05) is 54.6 Å². The van der Waals surface area contributed by atoms with Crippen LogP contribution in [0.2, 0.25) is 13.1 Å². The topological polar surface area (TPSA) is 6.48 Å². The van der Waals surface area contributed by atoms with Gasteiger partial charge in [-0.15, -0.1) is 0 Å². The van der Waals surface area contributed by atoms with Gasteiger partial charge in [0, 0.05) is 0 Å². The summed E-state index contributed by atoms with van der Waals surface area (Å²) >= 11 is 0. The highest BCUT2D eigenvalue weighted by Gasteiger charge is 2.20. The van der Waals surface area contributed by atoms with Crippen LogP contribution in [-0.4, -0.2) is 54.3 Å². The molecular weight excluding hydrogens is 256 g/mol. The number of rotatable bonds is 8. The lowest BCUT2D eigenvalue weighted by atomic mass is 10.3. The lowest BCUT2D eigenvalue weighted by molar-refractivity contribution is 0.316. The quantitative estimate of drug-likeness (QED) is 0.626. The highest BCUT2D eigenvalue weighted by atomic mass is 29.2. The summed E-state index contributed by atoms with van der Waals surface area (Å²) in [4.78, 5) is 0. The van der Waals surface area contributed by atoms with Gasteiger partial charge >= 0.3 is 0 Å². The Hall–Kier alpha value is 0.571. The van der Waals surface area contributed by atoms with Gasteiger partial charge < -0.3 is 8.80 Å². The molecule has 0 saturated heterocycles. The second-order valence-corrected chi connectivity index (χ2v) is 13.9. The third-order valence-corrected chi connectivity index (χ3v) is 16.0. The number of hydrogen-bond donors (Lipinski definition) is 0. The largest absolute Gasteiger partial charge is 0.350 e. The highest BCUT2D eigenvalue weighted by Crippen LogP contribution is 2.07. The van der Waals surface area contributed by atoms with E-state index in [1.54, 1.807) is 0 Å². The first-order chi connectivity index (χ1) is 7.81. The fourth-order valence-electron chi connectivity index (χ4n) is 2.44. The second-order valence-electron chi connectivity index (χ2n) is 5.82. The summed E-state index contributed by atoms with van der Waals surface area (Å²) in [5.41, 5.74) is 0. The van der Waals surface area contributed by atoms with E-state index >= 15 is 0 Å². The van der Waals surface area contributed by atoms with Crippen molar-refractivity contribution in [3.63, 3.8) is 0 Å². The van der Waals surface area contributed by atoms with Crippen molar-refractivity contribution in [2.24, 2.45) is 0 Å². The summed E-state index contributed by atoms with van der Waals surface area (Å²) in [7, 11) is -0.186. The zero-order chi connectivity index (χ0) is 13.6. The molecule has 103 valence electrons. The van der Waals surface area contributed by atoms with Crippen LogP contribution >= 0.6 is 0 Å². The predicted molar refractivity (Wildman–Crippen MR) is 88.3 cm³/mol. The Kier molecular flexibility index (Phi) is 8.92. The fourth-order valence-corrected chi connectivity index (χ4v) is 18.2. The standard InChI is InChI=1S/C12H33N2Si3/c1-9-12(6)14(17(7)8)16-15-13(10(2)3)11(4)5/h10-12H,9,15-16H2,1-8H3. The lowest BCUT2D eigenvalue weighted by Gasteiger charge is -2.36. The molecule has 5 heteroatoms. The first-order valence-electron chi connectivity index (χ1n) is 7.13. The minimum atomic E-state index is -0.227. The molecule has 0 saturated carbocycles. The molecule has 1 atom stereocenters. The van der Waals surface area contributed by atoms with Crippen LogP contribution in [0, 0.1) is 0 Å². The van der Waals surface area contributed by atoms with E-state index in [1.807, 2.05) is 0 Å². The molecule has 0 aliphatic rings. The van der Waals surface area contributed by atoms with E-state index < -0.39 is 0 Å². The lowest BCUT2D eigenvalue weighted by Crippen LogP contribution is -2.52. The van der Waals surface area contributed by atoms with Crippen molar-refractivity contribution in [1.82, 2.24) is 8.80 Å². The maximum Gasteiger partial charge on any atom is 0.122 e. The molecule has 1 unspecified atom stereocenters. The van der Waals surface area contributed by atoms with Crippen molar-refractivity contribution in [3.05, 3.63) is 0 Å². The minimum absolute atomic E-state index is 0.0116. The third kappa shape index (κ3) is 6.33. The van der Waals surface area contributed by atoms with E-state index in [0.717, 1.165) is 18.1 Å². The van der Waals surface area contributed by atoms with E-state index in [-0.39, 0.29) is 27.4 Å². The van der Waals surface area contributed by atoms with Crippen LogP contribution in [0.1, 0.15) is 48.0 Å². The SMILES string of the molecule is CCC(C)N([SiH2][SiH2]N(C(C)C)C(C)C)[Si](C)C. The molecule has 0 amide bonds. The molecule has 0 aliphatic carbocycles. The van der Waals surface area contributed by atoms with Crippen molar-refractivity contribution in [3.8, 4) is 0 Å². The van der Waals surface area contributed by atoms with Crippen molar-refractivity contribution in [1.29, 1.82) is 0 Å². The maximum absolute atomic E-state index is 2.93. The van der Waals surface area contributed by atoms with Gasteiger partial charge in [-0.25, -0.2) is 0 Å². The van der Waals surface area contributed by atoms with Crippen LogP contribution in [0.3, 0.4) is 0 Å². The van der Waals surface area contributed by atoms with E-state index in [0.29, 0.717) is 0 Å². The van der Waals surface area contributed by atoms with Crippen molar-refractivity contribution in [2.75, 3.05) is 0 Å². The molecular formula is C12H33N2Si3. The van der Waals surface area contributed by atoms with Gasteiger partial charge in [0.15, 0.2) is 0 Å². The van der Waals surface area contributed by atoms with E-state index in [1.165, 1.54) is 6.42 Å². The molecule has 0 heterocycles. The molecule has 0 aromatic heterocycles. The maximum atomic E-state index is 2.93. The van der Waals surface area contributed by atoms with Gasteiger partial charge in [-0.05, 0) is 24.5 Å². The van der Waals surface area contributed by atoms with Crippen LogP contribution in [0.25, 0.3) is 0 Å². The summed E-state index contributed by atoms with van der Waals surface area (Å²) < 4.78 is 5.72. The van der Waals surface area contributed by atoms with Crippen molar-refractivity contribution < 1.29 is 0 Å². The second kappa shape index (κ2) is 8.63. The average molecular weight is 290 g/mol. The molecule has 0 spiro atoms. The van der Waals surface area contributed by atoms with E-state index in [4.69, 9.17) is 0 Å². The zero-order valence-electron chi connectivity index (χ0n) is 13.2. The van der Waals surface area contributed by atoms with Gasteiger partial charge in [0.05, 0.1) is 18.4 Å². The molecule has 0 fully saturated rings. The molecule has 0 aliphatic heterocycles. The van der Waals surface area contributed by atoms with Crippen molar-refractivity contribution >= 4 is 27.4 Å². The molecule has 2 nitrogen and oxygen atoms in total. The normalized spacial score (nSPS) is 16.1. The summed E-state index contributed by atoms with van der Waals surface area (Å²) in [5.74, 6) is 0. The fraction of sp³-hybridized carbons (Fsp3) is 1.00. The molecule has 0 N–H and O–H groups in total. The number of hydrogen-bond acceptors (Lipinski definition) is 2. The molecule has 0 aromatic carbocycles. The van der Waals surface area contributed by atoms with Gasteiger partial charge in [0.2, 0.25) is 0 Å². The highest BCUT2D eigenvalue weighted by molar-refractivity contribution is 7.00. The average Bonchev–Trinajstić information content (AvgIpc) is 2.21. The first kappa shape index (κ1) is 17.6. The Morgan fingerprint density at radius 1 is 0.941 bits per heavy atom. The molecule has 0 bridgehead atoms. The Labute approximate surface area is 115 Å². The first-order valence-corrected chi connectivity index (χ1v) is 14.8. The Bertz CT molecular complexity index is 190. The van der Waals surface area contributed by atoms with E-state index in [9.17, 15) is 0 Å². The minimum Gasteiger partial charge on any atom is -0.350 e. The van der Waals surface area contributed by atoms with Gasteiger partial charge in [0.1, 0.15) is 8.96 Å². The predicted octanol–water partition coefficient (Wildman–Crippen LogP) is 1.54. The van der Waals surface area contributed by atoms with Crippen LogP contribution in [0.15, 0.2) is 0 Å². The Morgan fingerprint density at radius 3 is 1.71 bits per heavy atom. The molecule has 17 heavy (non-hydrogen) atoms. The van der Waals surface area contributed by atoms with Crippen LogP contribution in [0.5, 0.6) is 0 Å². The Morgan fingerprint density at radius 2 is 1.41 bits per heavy atom.